The highest BCUT2D eigenvalue weighted by Gasteiger charge is 2.14. The largest absolute Gasteiger partial charge is 0.463 e. The number of hydrogen-bond donors (Lipinski definition) is 0. The second-order valence-electron chi connectivity index (χ2n) is 5.34. The van der Waals surface area contributed by atoms with Crippen molar-refractivity contribution in [3.8, 4) is 0 Å². The normalized spacial score (nSPS) is 11.6. The number of hydrogen-bond acceptors (Lipinski definition) is 4. The molecule has 0 aliphatic rings. The monoisotopic (exact) mass is 230 g/mol. The SMILES string of the molecule is CC(C)C(=O)COCC(=O)OCC(C)(C)C. The summed E-state index contributed by atoms with van der Waals surface area (Å²) in [6.45, 7) is 9.69. The third kappa shape index (κ3) is 8.41. The molecule has 0 aromatic rings. The lowest BCUT2D eigenvalue weighted by molar-refractivity contribution is -0.152. The fourth-order valence-corrected chi connectivity index (χ4v) is 0.740. The van der Waals surface area contributed by atoms with Gasteiger partial charge < -0.3 is 9.47 Å². The van der Waals surface area contributed by atoms with E-state index in [1.54, 1.807) is 13.8 Å². The molecule has 0 saturated heterocycles. The fourth-order valence-electron chi connectivity index (χ4n) is 0.740. The Balaban J connectivity index is 3.63. The number of rotatable bonds is 6. The third-order valence-corrected chi connectivity index (χ3v) is 1.77. The van der Waals surface area contributed by atoms with Crippen LogP contribution < -0.4 is 0 Å². The Labute approximate surface area is 97.3 Å². The molecule has 0 bridgehead atoms. The number of carbonyl (C=O) groups excluding carboxylic acids is 2. The van der Waals surface area contributed by atoms with Crippen molar-refractivity contribution in [3.63, 3.8) is 0 Å². The zero-order valence-electron chi connectivity index (χ0n) is 10.8. The van der Waals surface area contributed by atoms with Gasteiger partial charge in [-0.3, -0.25) is 4.79 Å². The maximum Gasteiger partial charge on any atom is 0.332 e. The molecular weight excluding hydrogens is 208 g/mol. The molecule has 94 valence electrons. The Morgan fingerprint density at radius 1 is 1.12 bits per heavy atom. The third-order valence-electron chi connectivity index (χ3n) is 1.77. The van der Waals surface area contributed by atoms with Crippen LogP contribution in [0.25, 0.3) is 0 Å². The van der Waals surface area contributed by atoms with E-state index in [2.05, 4.69) is 0 Å². The van der Waals surface area contributed by atoms with Gasteiger partial charge in [-0.05, 0) is 5.41 Å². The Hall–Kier alpha value is -0.900. The first-order chi connectivity index (χ1) is 7.22. The average Bonchev–Trinajstić information content (AvgIpc) is 2.13. The topological polar surface area (TPSA) is 52.6 Å². The van der Waals surface area contributed by atoms with Crippen LogP contribution in [0.15, 0.2) is 0 Å². The summed E-state index contributed by atoms with van der Waals surface area (Å²) in [4.78, 5) is 22.3. The van der Waals surface area contributed by atoms with Crippen LogP contribution in [0.2, 0.25) is 0 Å². The summed E-state index contributed by atoms with van der Waals surface area (Å²) in [5.74, 6) is -0.499. The standard InChI is InChI=1S/C12H22O4/c1-9(2)10(13)6-15-7-11(14)16-8-12(3,4)5/h9H,6-8H2,1-5H3. The zero-order valence-corrected chi connectivity index (χ0v) is 10.8. The van der Waals surface area contributed by atoms with Gasteiger partial charge in [0.15, 0.2) is 5.78 Å². The molecule has 4 heteroatoms. The predicted molar refractivity (Wildman–Crippen MR) is 61.1 cm³/mol. The molecule has 0 aliphatic carbocycles. The molecular formula is C12H22O4. The molecule has 0 aromatic carbocycles. The molecule has 0 amide bonds. The summed E-state index contributed by atoms with van der Waals surface area (Å²) in [7, 11) is 0. The Morgan fingerprint density at radius 2 is 1.69 bits per heavy atom. The Bertz CT molecular complexity index is 238. The van der Waals surface area contributed by atoms with E-state index in [9.17, 15) is 9.59 Å². The van der Waals surface area contributed by atoms with Gasteiger partial charge in [-0.2, -0.15) is 0 Å². The van der Waals surface area contributed by atoms with Crippen LogP contribution in [-0.4, -0.2) is 31.6 Å². The quantitative estimate of drug-likeness (QED) is 0.653. The highest BCUT2D eigenvalue weighted by Crippen LogP contribution is 2.12. The van der Waals surface area contributed by atoms with E-state index < -0.39 is 5.97 Å². The van der Waals surface area contributed by atoms with Gasteiger partial charge in [0.05, 0.1) is 6.61 Å². The Morgan fingerprint density at radius 3 is 2.12 bits per heavy atom. The lowest BCUT2D eigenvalue weighted by Crippen LogP contribution is -2.23. The summed E-state index contributed by atoms with van der Waals surface area (Å²) >= 11 is 0. The van der Waals surface area contributed by atoms with Crippen LogP contribution in [0.3, 0.4) is 0 Å². The number of ketones is 1. The minimum atomic E-state index is -0.425. The molecule has 0 spiro atoms. The lowest BCUT2D eigenvalue weighted by atomic mass is 9.99. The first-order valence-corrected chi connectivity index (χ1v) is 5.48. The van der Waals surface area contributed by atoms with E-state index in [0.717, 1.165) is 0 Å². The summed E-state index contributed by atoms with van der Waals surface area (Å²) in [5.41, 5.74) is -0.0522. The maximum atomic E-state index is 11.2. The molecule has 0 N–H and O–H groups in total. The molecule has 0 unspecified atom stereocenters. The molecule has 0 aliphatic heterocycles. The van der Waals surface area contributed by atoms with Crippen molar-refractivity contribution in [2.45, 2.75) is 34.6 Å². The van der Waals surface area contributed by atoms with Gasteiger partial charge in [-0.1, -0.05) is 34.6 Å². The van der Waals surface area contributed by atoms with Crippen molar-refractivity contribution in [2.24, 2.45) is 11.3 Å². The summed E-state index contributed by atoms with van der Waals surface area (Å²) in [6, 6.07) is 0. The van der Waals surface area contributed by atoms with Crippen LogP contribution in [0, 0.1) is 11.3 Å². The molecule has 16 heavy (non-hydrogen) atoms. The highest BCUT2D eigenvalue weighted by atomic mass is 16.6. The smallest absolute Gasteiger partial charge is 0.332 e. The average molecular weight is 230 g/mol. The van der Waals surface area contributed by atoms with Gasteiger partial charge in [-0.15, -0.1) is 0 Å². The van der Waals surface area contributed by atoms with Crippen LogP contribution in [0.1, 0.15) is 34.6 Å². The minimum Gasteiger partial charge on any atom is -0.463 e. The first-order valence-electron chi connectivity index (χ1n) is 5.48. The molecule has 0 radical (unpaired) electrons. The predicted octanol–water partition coefficient (Wildman–Crippen LogP) is 1.82. The van der Waals surface area contributed by atoms with Crippen molar-refractivity contribution in [1.29, 1.82) is 0 Å². The van der Waals surface area contributed by atoms with Crippen molar-refractivity contribution in [3.05, 3.63) is 0 Å². The van der Waals surface area contributed by atoms with Crippen LogP contribution in [0.5, 0.6) is 0 Å². The van der Waals surface area contributed by atoms with E-state index in [4.69, 9.17) is 9.47 Å². The molecule has 0 fully saturated rings. The van der Waals surface area contributed by atoms with Crippen LogP contribution >= 0.6 is 0 Å². The van der Waals surface area contributed by atoms with Crippen molar-refractivity contribution in [1.82, 2.24) is 0 Å². The molecule has 0 atom stereocenters. The van der Waals surface area contributed by atoms with Gasteiger partial charge in [0.2, 0.25) is 0 Å². The molecule has 0 heterocycles. The summed E-state index contributed by atoms with van der Waals surface area (Å²) in [6.07, 6.45) is 0. The Kier molecular flexibility index (Phi) is 6.26. The van der Waals surface area contributed by atoms with E-state index >= 15 is 0 Å². The molecule has 4 nitrogen and oxygen atoms in total. The number of Topliss-reactive ketones (excluding diaryl/α,β-unsaturated/α-hetero) is 1. The van der Waals surface area contributed by atoms with Crippen LogP contribution in [0.4, 0.5) is 0 Å². The van der Waals surface area contributed by atoms with Gasteiger partial charge in [0, 0.05) is 5.92 Å². The van der Waals surface area contributed by atoms with Gasteiger partial charge in [-0.25, -0.2) is 4.79 Å². The zero-order chi connectivity index (χ0) is 12.8. The summed E-state index contributed by atoms with van der Waals surface area (Å²) in [5, 5.41) is 0. The van der Waals surface area contributed by atoms with Gasteiger partial charge in [0.1, 0.15) is 13.2 Å². The van der Waals surface area contributed by atoms with Crippen LogP contribution in [-0.2, 0) is 19.1 Å². The number of carbonyl (C=O) groups is 2. The van der Waals surface area contributed by atoms with Crippen molar-refractivity contribution in [2.75, 3.05) is 19.8 Å². The maximum absolute atomic E-state index is 11.2. The highest BCUT2D eigenvalue weighted by molar-refractivity contribution is 5.81. The van der Waals surface area contributed by atoms with E-state index in [0.29, 0.717) is 6.61 Å². The second kappa shape index (κ2) is 6.63. The number of esters is 1. The van der Waals surface area contributed by atoms with E-state index in [1.165, 1.54) is 0 Å². The minimum absolute atomic E-state index is 0.0105. The molecule has 0 rings (SSSR count). The molecule has 0 aromatic heterocycles. The molecule has 0 saturated carbocycles. The fraction of sp³-hybridized carbons (Fsp3) is 0.833. The number of ether oxygens (including phenoxy) is 2. The lowest BCUT2D eigenvalue weighted by Gasteiger charge is -2.17. The van der Waals surface area contributed by atoms with E-state index in [1.807, 2.05) is 20.8 Å². The van der Waals surface area contributed by atoms with Gasteiger partial charge in [0.25, 0.3) is 0 Å². The van der Waals surface area contributed by atoms with Crippen molar-refractivity contribution < 1.29 is 19.1 Å². The first kappa shape index (κ1) is 15.1. The van der Waals surface area contributed by atoms with E-state index in [-0.39, 0.29) is 30.3 Å². The summed E-state index contributed by atoms with van der Waals surface area (Å²) < 4.78 is 9.93. The van der Waals surface area contributed by atoms with Crippen molar-refractivity contribution >= 4 is 11.8 Å². The van der Waals surface area contributed by atoms with Gasteiger partial charge >= 0.3 is 5.97 Å². The second-order valence-corrected chi connectivity index (χ2v) is 5.34.